The third kappa shape index (κ3) is 4.71. The van der Waals surface area contributed by atoms with Crippen molar-refractivity contribution in [2.75, 3.05) is 49.1 Å². The Morgan fingerprint density at radius 2 is 1.42 bits per heavy atom. The summed E-state index contributed by atoms with van der Waals surface area (Å²) in [6.45, 7) is 5.53. The van der Waals surface area contributed by atoms with Crippen LogP contribution < -0.4 is 14.5 Å². The number of rotatable bonds is 6. The van der Waals surface area contributed by atoms with Gasteiger partial charge in [0, 0.05) is 38.4 Å². The van der Waals surface area contributed by atoms with E-state index in [0.717, 1.165) is 56.9 Å². The standard InChI is InChI=1S/C27H28FN3O2/c28-21-11-13-22(14-12-21)30-19-17-29(18-20-30)15-5-6-16-31-24-8-2-4-10-26(24)33-25-9-3-1-7-23(25)27(31)32/h1-4,7-14H,5-6,15-20H2. The van der Waals surface area contributed by atoms with E-state index in [4.69, 9.17) is 4.74 Å². The molecule has 5 nitrogen and oxygen atoms in total. The zero-order chi connectivity index (χ0) is 22.6. The number of fused-ring (bicyclic) bond motifs is 2. The van der Waals surface area contributed by atoms with E-state index in [1.54, 1.807) is 0 Å². The van der Waals surface area contributed by atoms with Crippen molar-refractivity contribution >= 4 is 17.3 Å². The zero-order valence-electron chi connectivity index (χ0n) is 18.6. The number of amides is 1. The quantitative estimate of drug-likeness (QED) is 0.490. The van der Waals surface area contributed by atoms with E-state index in [0.29, 0.717) is 23.6 Å². The Balaban J connectivity index is 1.16. The molecule has 5 rings (SSSR count). The number of hydrogen-bond donors (Lipinski definition) is 0. The van der Waals surface area contributed by atoms with Crippen molar-refractivity contribution < 1.29 is 13.9 Å². The molecule has 0 bridgehead atoms. The number of nitrogens with zero attached hydrogens (tertiary/aromatic N) is 3. The molecule has 0 aromatic heterocycles. The fraction of sp³-hybridized carbons (Fsp3) is 0.296. The summed E-state index contributed by atoms with van der Waals surface area (Å²) in [6, 6.07) is 21.9. The van der Waals surface area contributed by atoms with Crippen LogP contribution in [0.4, 0.5) is 15.8 Å². The van der Waals surface area contributed by atoms with Gasteiger partial charge >= 0.3 is 0 Å². The maximum atomic E-state index is 13.3. The molecule has 1 fully saturated rings. The highest BCUT2D eigenvalue weighted by atomic mass is 19.1. The van der Waals surface area contributed by atoms with Crippen molar-refractivity contribution in [1.82, 2.24) is 4.90 Å². The second kappa shape index (κ2) is 9.63. The molecule has 0 aliphatic carbocycles. The first-order valence-electron chi connectivity index (χ1n) is 11.6. The van der Waals surface area contributed by atoms with Gasteiger partial charge in [0.25, 0.3) is 5.91 Å². The van der Waals surface area contributed by atoms with Crippen molar-refractivity contribution in [3.8, 4) is 11.5 Å². The predicted molar refractivity (Wildman–Crippen MR) is 129 cm³/mol. The van der Waals surface area contributed by atoms with E-state index in [-0.39, 0.29) is 11.7 Å². The minimum Gasteiger partial charge on any atom is -0.454 e. The van der Waals surface area contributed by atoms with Gasteiger partial charge in [0.1, 0.15) is 11.6 Å². The predicted octanol–water partition coefficient (Wildman–Crippen LogP) is 5.18. The highest BCUT2D eigenvalue weighted by Crippen LogP contribution is 2.38. The first-order valence-corrected chi connectivity index (χ1v) is 11.6. The van der Waals surface area contributed by atoms with Crippen LogP contribution in [0, 0.1) is 5.82 Å². The first kappa shape index (κ1) is 21.5. The SMILES string of the molecule is O=C1c2ccccc2Oc2ccccc2N1CCCCN1CCN(c2ccc(F)cc2)CC1. The highest BCUT2D eigenvalue weighted by molar-refractivity contribution is 6.09. The largest absolute Gasteiger partial charge is 0.454 e. The summed E-state index contributed by atoms with van der Waals surface area (Å²) in [6.07, 6.45) is 1.94. The van der Waals surface area contributed by atoms with Gasteiger partial charge in [-0.1, -0.05) is 24.3 Å². The zero-order valence-corrected chi connectivity index (χ0v) is 18.6. The maximum absolute atomic E-state index is 13.3. The van der Waals surface area contributed by atoms with E-state index in [2.05, 4.69) is 9.80 Å². The number of para-hydroxylation sites is 3. The van der Waals surface area contributed by atoms with Crippen molar-refractivity contribution in [3.05, 3.63) is 84.2 Å². The molecule has 0 spiro atoms. The number of carbonyl (C=O) groups is 1. The Labute approximate surface area is 194 Å². The van der Waals surface area contributed by atoms with Crippen LogP contribution in [-0.2, 0) is 0 Å². The van der Waals surface area contributed by atoms with E-state index >= 15 is 0 Å². The van der Waals surface area contributed by atoms with Crippen LogP contribution in [-0.4, -0.2) is 50.1 Å². The lowest BCUT2D eigenvalue weighted by atomic mass is 10.1. The van der Waals surface area contributed by atoms with Crippen LogP contribution in [0.2, 0.25) is 0 Å². The molecular formula is C27H28FN3O2. The lowest BCUT2D eigenvalue weighted by molar-refractivity contribution is 0.0986. The number of hydrogen-bond acceptors (Lipinski definition) is 4. The molecular weight excluding hydrogens is 417 g/mol. The lowest BCUT2D eigenvalue weighted by Crippen LogP contribution is -2.46. The summed E-state index contributed by atoms with van der Waals surface area (Å²) >= 11 is 0. The summed E-state index contributed by atoms with van der Waals surface area (Å²) in [5.41, 5.74) is 2.51. The second-order valence-corrected chi connectivity index (χ2v) is 8.53. The van der Waals surface area contributed by atoms with E-state index in [9.17, 15) is 9.18 Å². The average Bonchev–Trinajstić information content (AvgIpc) is 2.97. The Morgan fingerprint density at radius 1 is 0.758 bits per heavy atom. The van der Waals surface area contributed by atoms with Crippen LogP contribution in [0.3, 0.4) is 0 Å². The van der Waals surface area contributed by atoms with Crippen molar-refractivity contribution in [1.29, 1.82) is 0 Å². The normalized spacial score (nSPS) is 16.1. The second-order valence-electron chi connectivity index (χ2n) is 8.53. The molecule has 0 atom stereocenters. The third-order valence-corrected chi connectivity index (χ3v) is 6.41. The minimum atomic E-state index is -0.196. The molecule has 33 heavy (non-hydrogen) atoms. The van der Waals surface area contributed by atoms with E-state index in [1.165, 1.54) is 12.1 Å². The number of unbranched alkanes of at least 4 members (excludes halogenated alkanes) is 1. The Bertz CT molecular complexity index is 1110. The molecule has 170 valence electrons. The number of anilines is 2. The summed E-state index contributed by atoms with van der Waals surface area (Å²) < 4.78 is 19.2. The minimum absolute atomic E-state index is 0.0107. The highest BCUT2D eigenvalue weighted by Gasteiger charge is 2.27. The molecule has 0 N–H and O–H groups in total. The Hall–Kier alpha value is -3.38. The number of benzene rings is 3. The monoisotopic (exact) mass is 445 g/mol. The average molecular weight is 446 g/mol. The van der Waals surface area contributed by atoms with Gasteiger partial charge < -0.3 is 14.5 Å². The summed E-state index contributed by atoms with van der Waals surface area (Å²) in [5.74, 6) is 1.12. The van der Waals surface area contributed by atoms with Gasteiger partial charge in [-0.2, -0.15) is 0 Å². The molecule has 0 saturated carbocycles. The van der Waals surface area contributed by atoms with Gasteiger partial charge in [0.05, 0.1) is 11.3 Å². The molecule has 2 aliphatic rings. The van der Waals surface area contributed by atoms with E-state index in [1.807, 2.05) is 65.6 Å². The van der Waals surface area contributed by atoms with Gasteiger partial charge in [0.15, 0.2) is 5.75 Å². The third-order valence-electron chi connectivity index (χ3n) is 6.41. The molecule has 3 aromatic rings. The molecule has 1 saturated heterocycles. The number of piperazine rings is 1. The molecule has 6 heteroatoms. The smallest absolute Gasteiger partial charge is 0.262 e. The fourth-order valence-corrected chi connectivity index (χ4v) is 4.58. The van der Waals surface area contributed by atoms with Crippen LogP contribution in [0.1, 0.15) is 23.2 Å². The van der Waals surface area contributed by atoms with Gasteiger partial charge in [-0.3, -0.25) is 9.69 Å². The van der Waals surface area contributed by atoms with Crippen molar-refractivity contribution in [2.45, 2.75) is 12.8 Å². The van der Waals surface area contributed by atoms with E-state index < -0.39 is 0 Å². The molecule has 0 radical (unpaired) electrons. The van der Waals surface area contributed by atoms with Crippen molar-refractivity contribution in [2.24, 2.45) is 0 Å². The summed E-state index contributed by atoms with van der Waals surface area (Å²) in [5, 5.41) is 0. The summed E-state index contributed by atoms with van der Waals surface area (Å²) in [4.78, 5) is 19.9. The van der Waals surface area contributed by atoms with Gasteiger partial charge in [0.2, 0.25) is 0 Å². The Morgan fingerprint density at radius 3 is 2.21 bits per heavy atom. The van der Waals surface area contributed by atoms with Gasteiger partial charge in [-0.15, -0.1) is 0 Å². The van der Waals surface area contributed by atoms with Gasteiger partial charge in [-0.05, 0) is 67.9 Å². The topological polar surface area (TPSA) is 36.0 Å². The number of carbonyl (C=O) groups excluding carboxylic acids is 1. The van der Waals surface area contributed by atoms with Crippen LogP contribution in [0.15, 0.2) is 72.8 Å². The molecule has 3 aromatic carbocycles. The van der Waals surface area contributed by atoms with Crippen LogP contribution in [0.25, 0.3) is 0 Å². The Kier molecular flexibility index (Phi) is 6.26. The van der Waals surface area contributed by atoms with Crippen LogP contribution >= 0.6 is 0 Å². The molecule has 2 heterocycles. The summed E-state index contributed by atoms with van der Waals surface area (Å²) in [7, 11) is 0. The number of halogens is 1. The van der Waals surface area contributed by atoms with Crippen LogP contribution in [0.5, 0.6) is 11.5 Å². The molecule has 0 unspecified atom stereocenters. The number of ether oxygens (including phenoxy) is 1. The first-order chi connectivity index (χ1) is 16.2. The molecule has 1 amide bonds. The van der Waals surface area contributed by atoms with Gasteiger partial charge in [-0.25, -0.2) is 4.39 Å². The van der Waals surface area contributed by atoms with Crippen molar-refractivity contribution in [3.63, 3.8) is 0 Å². The maximum Gasteiger partial charge on any atom is 0.262 e. The molecule has 2 aliphatic heterocycles. The lowest BCUT2D eigenvalue weighted by Gasteiger charge is -2.36. The fourth-order valence-electron chi connectivity index (χ4n) is 4.58.